The van der Waals surface area contributed by atoms with Crippen LogP contribution in [-0.4, -0.2) is 167 Å². The minimum Gasteiger partial charge on any atom is -0.491 e. The maximum Gasteiger partial charge on any atom is 0.410 e. The Labute approximate surface area is 454 Å². The van der Waals surface area contributed by atoms with Gasteiger partial charge in [0.25, 0.3) is 0 Å². The van der Waals surface area contributed by atoms with E-state index in [1.165, 1.54) is 37.6 Å². The largest absolute Gasteiger partial charge is 0.491 e. The van der Waals surface area contributed by atoms with E-state index in [2.05, 4.69) is 45.8 Å². The van der Waals surface area contributed by atoms with Crippen LogP contribution in [0.15, 0.2) is 70.1 Å². The monoisotopic (exact) mass is 1100 g/mol. The number of fused-ring (bicyclic) bond motifs is 1. The number of aliphatic imine (C=N–C) groups is 1. The molecule has 4 amide bonds. The van der Waals surface area contributed by atoms with Gasteiger partial charge in [-0.25, -0.2) is 41.9 Å². The topological polar surface area (TPSA) is 243 Å². The van der Waals surface area contributed by atoms with Crippen LogP contribution in [0.25, 0.3) is 10.9 Å². The number of nitrogens with zero attached hydrogens (tertiary/aromatic N) is 9. The number of rotatable bonds is 15. The molecular weight excluding hydrogens is 1030 g/mol. The number of para-hydroxylation sites is 1. The number of anilines is 3. The summed E-state index contributed by atoms with van der Waals surface area (Å²) in [6, 6.07) is 2.76. The third-order valence-corrected chi connectivity index (χ3v) is 16.4. The van der Waals surface area contributed by atoms with Crippen molar-refractivity contribution < 1.29 is 50.6 Å². The number of likely N-dealkylation sites (N-methyl/N-ethyl adjacent to an activating group) is 1. The Bertz CT molecular complexity index is 3070. The third kappa shape index (κ3) is 13.4. The number of likely N-dealkylation sites (tertiary alicyclic amines) is 1. The quantitative estimate of drug-likeness (QED) is 0.117. The van der Waals surface area contributed by atoms with Gasteiger partial charge in [0.2, 0.25) is 23.7 Å². The lowest BCUT2D eigenvalue weighted by molar-refractivity contribution is -0.143. The summed E-state index contributed by atoms with van der Waals surface area (Å²) in [6.07, 6.45) is 2.71. The molecule has 24 heteroatoms. The van der Waals surface area contributed by atoms with Gasteiger partial charge in [0.1, 0.15) is 82.4 Å². The highest BCUT2D eigenvalue weighted by molar-refractivity contribution is 7.92. The number of amidine groups is 1. The Morgan fingerprint density at radius 3 is 2.15 bits per heavy atom. The molecule has 3 aliphatic heterocycles. The molecule has 2 aromatic carbocycles. The van der Waals surface area contributed by atoms with Crippen LogP contribution in [0.3, 0.4) is 0 Å². The maximum atomic E-state index is 14.8. The average molecular weight is 1100 g/mol. The van der Waals surface area contributed by atoms with Crippen molar-refractivity contribution in [2.24, 2.45) is 10.4 Å². The minimum atomic E-state index is -3.88. The SMILES string of the molecule is CC1=C(C)C(Nc2ncnc3cc(OCCN4CCN(c5ncc(O[C@H]6C[C@@H](C(=O)Nc7c(F)cccc7F)N(C(=O)[C@@H](NC(=O)[C@H](C)N(C)C(=O)OC(C)(C)C)C(C)(C)C)C6)cn5)CC4)c(S(=O)(=O)C(C)(C)C)cc23)=NC1. The highest BCUT2D eigenvalue weighted by Gasteiger charge is 2.47. The van der Waals surface area contributed by atoms with Crippen LogP contribution in [0.1, 0.15) is 89.5 Å². The predicted octanol–water partition coefficient (Wildman–Crippen LogP) is 6.40. The molecular formula is C54H72F2N12O9S. The van der Waals surface area contributed by atoms with E-state index in [-0.39, 0.29) is 36.0 Å². The number of carbonyl (C=O) groups is 4. The molecule has 0 spiro atoms. The van der Waals surface area contributed by atoms with E-state index in [1.807, 2.05) is 18.7 Å². The van der Waals surface area contributed by atoms with E-state index < -0.39 is 91.0 Å². The average Bonchev–Trinajstić information content (AvgIpc) is 4.00. The lowest BCUT2D eigenvalue weighted by Crippen LogP contribution is -2.60. The summed E-state index contributed by atoms with van der Waals surface area (Å²) in [5, 5.41) is 8.88. The Morgan fingerprint density at radius 2 is 1.56 bits per heavy atom. The van der Waals surface area contributed by atoms with E-state index in [9.17, 15) is 36.4 Å². The first-order valence-corrected chi connectivity index (χ1v) is 27.3. The van der Waals surface area contributed by atoms with Gasteiger partial charge >= 0.3 is 6.09 Å². The van der Waals surface area contributed by atoms with Gasteiger partial charge < -0.3 is 40.0 Å². The molecule has 2 saturated heterocycles. The van der Waals surface area contributed by atoms with Gasteiger partial charge in [0.05, 0.1) is 35.7 Å². The number of amides is 4. The second kappa shape index (κ2) is 23.1. The smallest absolute Gasteiger partial charge is 0.410 e. The molecule has 0 bridgehead atoms. The minimum absolute atomic E-state index is 0.0412. The van der Waals surface area contributed by atoms with Crippen LogP contribution in [0.5, 0.6) is 11.5 Å². The first-order chi connectivity index (χ1) is 36.4. The Balaban J connectivity index is 0.995. The number of sulfone groups is 1. The van der Waals surface area contributed by atoms with Crippen molar-refractivity contribution in [3.8, 4) is 11.5 Å². The summed E-state index contributed by atoms with van der Waals surface area (Å²) in [5.74, 6) is -2.25. The summed E-state index contributed by atoms with van der Waals surface area (Å²) in [4.78, 5) is 84.3. The van der Waals surface area contributed by atoms with Crippen LogP contribution < -0.4 is 30.3 Å². The fraction of sp³-hybridized carbons (Fsp3) is 0.537. The number of hydrogen-bond donors (Lipinski definition) is 3. The Morgan fingerprint density at radius 1 is 0.910 bits per heavy atom. The van der Waals surface area contributed by atoms with Gasteiger partial charge in [-0.1, -0.05) is 26.8 Å². The summed E-state index contributed by atoms with van der Waals surface area (Å²) < 4.78 is 74.6. The molecule has 5 heterocycles. The first-order valence-electron chi connectivity index (χ1n) is 25.9. The molecule has 3 aliphatic rings. The molecule has 2 fully saturated rings. The number of hydrogen-bond acceptors (Lipinski definition) is 17. The highest BCUT2D eigenvalue weighted by Crippen LogP contribution is 2.37. The van der Waals surface area contributed by atoms with Crippen LogP contribution in [0.4, 0.5) is 31.0 Å². The van der Waals surface area contributed by atoms with E-state index >= 15 is 0 Å². The molecule has 21 nitrogen and oxygen atoms in total. The summed E-state index contributed by atoms with van der Waals surface area (Å²) >= 11 is 0. The number of nitrogens with one attached hydrogen (secondary N) is 3. The third-order valence-electron chi connectivity index (χ3n) is 13.8. The Hall–Kier alpha value is -7.08. The second-order valence-corrected chi connectivity index (χ2v) is 25.6. The zero-order valence-corrected chi connectivity index (χ0v) is 47.5. The second-order valence-electron chi connectivity index (χ2n) is 22.9. The molecule has 0 aliphatic carbocycles. The van der Waals surface area contributed by atoms with Crippen molar-refractivity contribution in [3.05, 3.63) is 71.8 Å². The standard InChI is InChI=1S/C54H72F2N12O9S/c1-31-26-57-45(32(31)2)64-46-36-24-42(78(73,74)54(10,11)12)41(25-39(36)60-30-61-46)75-22-21-66-17-19-67(20-18-66)50-58-27-35(28-59-50)76-34-23-40(48(70)62-43-37(55)15-14-16-38(43)56)68(29-34)49(71)44(52(4,5)6)63-47(69)33(3)65(13)51(72)77-53(7,8)9/h14-16,24-25,27-28,30,33-34,40,44H,17-23,26,29H2,1-13H3,(H,62,70)(H,63,69)(H,57,60,61,64)/t33-,34-,40-,44+/m0/s1. The van der Waals surface area contributed by atoms with E-state index in [1.54, 1.807) is 74.4 Å². The van der Waals surface area contributed by atoms with Crippen molar-refractivity contribution in [2.45, 2.75) is 129 Å². The van der Waals surface area contributed by atoms with Crippen molar-refractivity contribution in [2.75, 3.05) is 75.0 Å². The number of aromatic nitrogens is 4. The van der Waals surface area contributed by atoms with Crippen LogP contribution in [0, 0.1) is 17.0 Å². The molecule has 0 unspecified atom stereocenters. The van der Waals surface area contributed by atoms with Gasteiger partial charge in [-0.3, -0.25) is 29.2 Å². The molecule has 4 atom stereocenters. The number of carbonyl (C=O) groups excluding carboxylic acids is 4. The van der Waals surface area contributed by atoms with E-state index in [4.69, 9.17) is 14.2 Å². The first kappa shape index (κ1) is 58.6. The van der Waals surface area contributed by atoms with Gasteiger partial charge in [-0.05, 0) is 97.1 Å². The summed E-state index contributed by atoms with van der Waals surface area (Å²) in [7, 11) is -2.48. The Kier molecular flexibility index (Phi) is 17.4. The molecule has 3 N–H and O–H groups in total. The molecule has 2 aromatic heterocycles. The number of ether oxygens (including phenoxy) is 3. The molecule has 0 saturated carbocycles. The maximum absolute atomic E-state index is 14.8. The molecule has 4 aromatic rings. The summed E-state index contributed by atoms with van der Waals surface area (Å²) in [5.41, 5.74) is 0.204. The predicted molar refractivity (Wildman–Crippen MR) is 291 cm³/mol. The molecule has 78 heavy (non-hydrogen) atoms. The lowest BCUT2D eigenvalue weighted by Gasteiger charge is -2.36. The van der Waals surface area contributed by atoms with Crippen molar-refractivity contribution in [3.63, 3.8) is 0 Å². The molecule has 7 rings (SSSR count). The molecule has 422 valence electrons. The van der Waals surface area contributed by atoms with Gasteiger partial charge in [0.15, 0.2) is 15.6 Å². The van der Waals surface area contributed by atoms with E-state index in [0.717, 1.165) is 34.2 Å². The van der Waals surface area contributed by atoms with Crippen molar-refractivity contribution in [1.82, 2.24) is 40.0 Å². The summed E-state index contributed by atoms with van der Waals surface area (Å²) in [6.45, 7) is 24.1. The number of piperazine rings is 1. The number of benzene rings is 2. The number of halogens is 2. The van der Waals surface area contributed by atoms with Gasteiger partial charge in [-0.2, -0.15) is 0 Å². The molecule has 0 radical (unpaired) electrons. The fourth-order valence-electron chi connectivity index (χ4n) is 8.82. The van der Waals surface area contributed by atoms with Crippen LogP contribution in [-0.2, 0) is 29.0 Å². The van der Waals surface area contributed by atoms with Crippen molar-refractivity contribution in [1.29, 1.82) is 0 Å². The van der Waals surface area contributed by atoms with Crippen LogP contribution >= 0.6 is 0 Å². The highest BCUT2D eigenvalue weighted by atomic mass is 32.2. The van der Waals surface area contributed by atoms with Crippen molar-refractivity contribution >= 4 is 67.8 Å². The normalized spacial score (nSPS) is 18.3. The zero-order chi connectivity index (χ0) is 57.2. The zero-order valence-electron chi connectivity index (χ0n) is 46.7. The van der Waals surface area contributed by atoms with Gasteiger partial charge in [-0.15, -0.1) is 0 Å². The van der Waals surface area contributed by atoms with E-state index in [0.29, 0.717) is 67.8 Å². The van der Waals surface area contributed by atoms with Crippen LogP contribution in [0.2, 0.25) is 0 Å². The fourth-order valence-corrected chi connectivity index (χ4v) is 10.1. The lowest BCUT2D eigenvalue weighted by atomic mass is 9.85. The van der Waals surface area contributed by atoms with Gasteiger partial charge in [0, 0.05) is 57.6 Å².